The van der Waals surface area contributed by atoms with E-state index in [0.717, 1.165) is 11.3 Å². The van der Waals surface area contributed by atoms with E-state index >= 15 is 0 Å². The summed E-state index contributed by atoms with van der Waals surface area (Å²) in [6, 6.07) is 22.8. The average Bonchev–Trinajstić information content (AvgIpc) is 3.28. The normalized spacial score (nSPS) is 11.4. The summed E-state index contributed by atoms with van der Waals surface area (Å²) in [4.78, 5) is 12.2. The first-order chi connectivity index (χ1) is 17.4. The fourth-order valence-corrected chi connectivity index (χ4v) is 4.58. The second-order valence-electron chi connectivity index (χ2n) is 7.74. The lowest BCUT2D eigenvalue weighted by Gasteiger charge is -2.09. The number of nitrogens with zero attached hydrogens (tertiary/aromatic N) is 3. The molecule has 0 fully saturated rings. The van der Waals surface area contributed by atoms with Gasteiger partial charge in [-0.05, 0) is 48.9 Å². The molecule has 0 saturated carbocycles. The summed E-state index contributed by atoms with van der Waals surface area (Å²) in [7, 11) is -2.63. The molecule has 0 aliphatic heterocycles. The van der Waals surface area contributed by atoms with E-state index in [4.69, 9.17) is 8.92 Å². The fraction of sp³-hybridized carbons (Fsp3) is 0.115. The average molecular weight is 505 g/mol. The molecule has 0 atom stereocenters. The zero-order chi connectivity index (χ0) is 25.5. The Labute approximate surface area is 209 Å². The van der Waals surface area contributed by atoms with Gasteiger partial charge >= 0.3 is 10.1 Å². The van der Waals surface area contributed by atoms with Crippen molar-refractivity contribution < 1.29 is 22.1 Å². The SMILES string of the molecule is COc1cccc(CC(=O)NN=Cc2ccccc2OS(=O)(=O)c2cnn(-c3ccccc3)c2C)c1. The van der Waals surface area contributed by atoms with Crippen LogP contribution in [-0.4, -0.2) is 37.4 Å². The third-order valence-electron chi connectivity index (χ3n) is 5.25. The number of nitrogens with one attached hydrogen (secondary N) is 1. The Morgan fingerprint density at radius 2 is 1.81 bits per heavy atom. The van der Waals surface area contributed by atoms with Crippen LogP contribution in [0.5, 0.6) is 11.5 Å². The van der Waals surface area contributed by atoms with Crippen LogP contribution in [0.4, 0.5) is 0 Å². The molecule has 184 valence electrons. The highest BCUT2D eigenvalue weighted by Crippen LogP contribution is 2.25. The van der Waals surface area contributed by atoms with Crippen LogP contribution in [-0.2, 0) is 21.3 Å². The summed E-state index contributed by atoms with van der Waals surface area (Å²) in [5.74, 6) is 0.380. The maximum atomic E-state index is 13.1. The Balaban J connectivity index is 1.47. The van der Waals surface area contributed by atoms with E-state index in [1.807, 2.05) is 36.4 Å². The minimum Gasteiger partial charge on any atom is -0.497 e. The molecule has 9 nitrogen and oxygen atoms in total. The first-order valence-electron chi connectivity index (χ1n) is 11.0. The van der Waals surface area contributed by atoms with Gasteiger partial charge in [0.25, 0.3) is 0 Å². The van der Waals surface area contributed by atoms with E-state index in [0.29, 0.717) is 17.0 Å². The van der Waals surface area contributed by atoms with Gasteiger partial charge in [-0.2, -0.15) is 18.6 Å². The lowest BCUT2D eigenvalue weighted by molar-refractivity contribution is -0.120. The molecule has 0 saturated heterocycles. The molecular formula is C26H24N4O5S. The van der Waals surface area contributed by atoms with Crippen LogP contribution < -0.4 is 14.3 Å². The number of hydrogen-bond acceptors (Lipinski definition) is 7. The lowest BCUT2D eigenvalue weighted by atomic mass is 10.1. The van der Waals surface area contributed by atoms with E-state index in [9.17, 15) is 13.2 Å². The molecule has 0 bridgehead atoms. The van der Waals surface area contributed by atoms with Gasteiger partial charge in [0.15, 0.2) is 5.75 Å². The third kappa shape index (κ3) is 5.78. The minimum absolute atomic E-state index is 0.0512. The molecule has 0 radical (unpaired) electrons. The third-order valence-corrected chi connectivity index (χ3v) is 6.58. The van der Waals surface area contributed by atoms with Crippen molar-refractivity contribution in [1.29, 1.82) is 0 Å². The van der Waals surface area contributed by atoms with Gasteiger partial charge in [-0.15, -0.1) is 0 Å². The molecule has 3 aromatic carbocycles. The standard InChI is InChI=1S/C26H24N4O5S/c1-19-25(18-28-30(19)22-11-4-3-5-12-22)36(32,33)35-24-14-7-6-10-21(24)17-27-29-26(31)16-20-9-8-13-23(15-20)34-2/h3-15,17-18H,16H2,1-2H3,(H,29,31). The minimum atomic E-state index is -4.19. The predicted molar refractivity (Wildman–Crippen MR) is 135 cm³/mol. The summed E-state index contributed by atoms with van der Waals surface area (Å²) in [6.07, 6.45) is 2.69. The van der Waals surface area contributed by atoms with Crippen molar-refractivity contribution in [3.63, 3.8) is 0 Å². The van der Waals surface area contributed by atoms with Crippen molar-refractivity contribution in [1.82, 2.24) is 15.2 Å². The fourth-order valence-electron chi connectivity index (χ4n) is 3.48. The first kappa shape index (κ1) is 24.7. The first-order valence-corrected chi connectivity index (χ1v) is 12.4. The predicted octanol–water partition coefficient (Wildman–Crippen LogP) is 3.65. The molecule has 1 aromatic heterocycles. The molecule has 4 rings (SSSR count). The maximum absolute atomic E-state index is 13.1. The number of carbonyl (C=O) groups is 1. The largest absolute Gasteiger partial charge is 0.497 e. The highest BCUT2D eigenvalue weighted by molar-refractivity contribution is 7.87. The molecule has 1 amide bonds. The monoisotopic (exact) mass is 504 g/mol. The van der Waals surface area contributed by atoms with Crippen molar-refractivity contribution >= 4 is 22.2 Å². The Bertz CT molecular complexity index is 1500. The van der Waals surface area contributed by atoms with E-state index in [-0.39, 0.29) is 23.0 Å². The number of methoxy groups -OCH3 is 1. The van der Waals surface area contributed by atoms with Gasteiger partial charge in [0, 0.05) is 5.56 Å². The maximum Gasteiger partial charge on any atom is 0.342 e. The summed E-state index contributed by atoms with van der Waals surface area (Å²) in [5, 5.41) is 8.16. The number of hydrogen-bond donors (Lipinski definition) is 1. The summed E-state index contributed by atoms with van der Waals surface area (Å²) >= 11 is 0. The van der Waals surface area contributed by atoms with E-state index in [2.05, 4.69) is 15.6 Å². The molecule has 1 heterocycles. The van der Waals surface area contributed by atoms with Gasteiger partial charge < -0.3 is 8.92 Å². The zero-order valence-corrected chi connectivity index (χ0v) is 20.5. The van der Waals surface area contributed by atoms with Crippen LogP contribution in [0.25, 0.3) is 5.69 Å². The van der Waals surface area contributed by atoms with Crippen molar-refractivity contribution in [3.05, 3.63) is 102 Å². The van der Waals surface area contributed by atoms with Crippen LogP contribution in [0, 0.1) is 6.92 Å². The highest BCUT2D eigenvalue weighted by Gasteiger charge is 2.24. The van der Waals surface area contributed by atoms with Crippen LogP contribution in [0.2, 0.25) is 0 Å². The van der Waals surface area contributed by atoms with Crippen molar-refractivity contribution in [2.24, 2.45) is 5.10 Å². The number of hydrazone groups is 1. The Hall–Kier alpha value is -4.44. The van der Waals surface area contributed by atoms with E-state index in [1.54, 1.807) is 50.4 Å². The molecule has 10 heteroatoms. The van der Waals surface area contributed by atoms with Crippen molar-refractivity contribution in [2.45, 2.75) is 18.2 Å². The number of amides is 1. The van der Waals surface area contributed by atoms with Gasteiger partial charge in [0.2, 0.25) is 5.91 Å². The number of aromatic nitrogens is 2. The number of rotatable bonds is 9. The van der Waals surface area contributed by atoms with Crippen LogP contribution in [0.3, 0.4) is 0 Å². The smallest absolute Gasteiger partial charge is 0.342 e. The molecule has 0 unspecified atom stereocenters. The molecule has 0 aliphatic rings. The molecule has 0 spiro atoms. The van der Waals surface area contributed by atoms with E-state index < -0.39 is 10.1 Å². The second-order valence-corrected chi connectivity index (χ2v) is 9.25. The number of benzene rings is 3. The number of para-hydroxylation sites is 2. The lowest BCUT2D eigenvalue weighted by Crippen LogP contribution is -2.20. The Morgan fingerprint density at radius 3 is 2.58 bits per heavy atom. The summed E-state index contributed by atoms with van der Waals surface area (Å²) in [5.41, 5.74) is 4.72. The number of ether oxygens (including phenoxy) is 1. The van der Waals surface area contributed by atoms with Crippen LogP contribution >= 0.6 is 0 Å². The summed E-state index contributed by atoms with van der Waals surface area (Å²) < 4.78 is 38.2. The summed E-state index contributed by atoms with van der Waals surface area (Å²) in [6.45, 7) is 1.65. The Morgan fingerprint density at radius 1 is 1.06 bits per heavy atom. The molecule has 0 aliphatic carbocycles. The highest BCUT2D eigenvalue weighted by atomic mass is 32.2. The molecule has 1 N–H and O–H groups in total. The van der Waals surface area contributed by atoms with E-state index in [1.165, 1.54) is 23.2 Å². The van der Waals surface area contributed by atoms with Gasteiger partial charge in [-0.25, -0.2) is 10.1 Å². The van der Waals surface area contributed by atoms with Gasteiger partial charge in [0.1, 0.15) is 10.6 Å². The van der Waals surface area contributed by atoms with Crippen LogP contribution in [0.1, 0.15) is 16.8 Å². The molecule has 4 aromatic rings. The van der Waals surface area contributed by atoms with Crippen molar-refractivity contribution in [2.75, 3.05) is 7.11 Å². The quantitative estimate of drug-likeness (QED) is 0.212. The second kappa shape index (κ2) is 10.9. The molecule has 36 heavy (non-hydrogen) atoms. The van der Waals surface area contributed by atoms with Crippen molar-refractivity contribution in [3.8, 4) is 17.2 Å². The molecular weight excluding hydrogens is 480 g/mol. The zero-order valence-electron chi connectivity index (χ0n) is 19.7. The van der Waals surface area contributed by atoms with Crippen LogP contribution in [0.15, 0.2) is 95.1 Å². The van der Waals surface area contributed by atoms with Gasteiger partial charge in [-0.3, -0.25) is 4.79 Å². The van der Waals surface area contributed by atoms with Gasteiger partial charge in [0.05, 0.1) is 37.3 Å². The number of carbonyl (C=O) groups excluding carboxylic acids is 1. The van der Waals surface area contributed by atoms with Gasteiger partial charge in [-0.1, -0.05) is 42.5 Å². The topological polar surface area (TPSA) is 112 Å². The Kier molecular flexibility index (Phi) is 7.45.